The van der Waals surface area contributed by atoms with Crippen LogP contribution < -0.4 is 11.1 Å². The molecule has 3 rings (SSSR count). The summed E-state index contributed by atoms with van der Waals surface area (Å²) in [6, 6.07) is 12.7. The van der Waals surface area contributed by atoms with Gasteiger partial charge in [-0.3, -0.25) is 4.79 Å². The highest BCUT2D eigenvalue weighted by Gasteiger charge is 2.28. The van der Waals surface area contributed by atoms with Gasteiger partial charge < -0.3 is 11.1 Å². The third-order valence-corrected chi connectivity index (χ3v) is 4.88. The third kappa shape index (κ3) is 4.39. The number of rotatable bonds is 4. The Morgan fingerprint density at radius 1 is 1.16 bits per heavy atom. The van der Waals surface area contributed by atoms with Gasteiger partial charge in [-0.05, 0) is 55.5 Å². The van der Waals surface area contributed by atoms with Crippen molar-refractivity contribution in [2.75, 3.05) is 6.54 Å². The van der Waals surface area contributed by atoms with Gasteiger partial charge in [-0.2, -0.15) is 0 Å². The number of benzene rings is 2. The Kier molecular flexibility index (Phi) is 6.57. The molecule has 0 radical (unpaired) electrons. The fourth-order valence-electron chi connectivity index (χ4n) is 3.38. The summed E-state index contributed by atoms with van der Waals surface area (Å²) in [7, 11) is 0. The number of hydrogen-bond donors (Lipinski definition) is 2. The van der Waals surface area contributed by atoms with Gasteiger partial charge in [-0.25, -0.2) is 4.39 Å². The zero-order valence-electron chi connectivity index (χ0n) is 14.3. The molecular weight excluding hydrogens is 339 g/mol. The predicted molar refractivity (Wildman–Crippen MR) is 101 cm³/mol. The van der Waals surface area contributed by atoms with E-state index in [0.29, 0.717) is 12.5 Å². The van der Waals surface area contributed by atoms with Crippen LogP contribution in [0.4, 0.5) is 4.39 Å². The van der Waals surface area contributed by atoms with Crippen LogP contribution in [0.5, 0.6) is 0 Å². The topological polar surface area (TPSA) is 55.1 Å². The standard InChI is InChI=1S/C20H23FN2O.ClH/c1-13-5-7-14(8-6-13)15-9-10-17(18(21)11-15)20(24)23-19-4-2-3-16(19)12-22;/h5-11,16,19H,2-4,12,22H2,1H3,(H,23,24);1H. The summed E-state index contributed by atoms with van der Waals surface area (Å²) in [5.74, 6) is -0.551. The molecule has 5 heteroatoms. The molecule has 1 aliphatic carbocycles. The third-order valence-electron chi connectivity index (χ3n) is 4.88. The van der Waals surface area contributed by atoms with Gasteiger partial charge in [0.05, 0.1) is 5.56 Å². The molecule has 2 aromatic carbocycles. The molecule has 1 fully saturated rings. The van der Waals surface area contributed by atoms with Gasteiger partial charge in [0, 0.05) is 6.04 Å². The van der Waals surface area contributed by atoms with Crippen molar-refractivity contribution < 1.29 is 9.18 Å². The number of halogens is 2. The van der Waals surface area contributed by atoms with E-state index in [1.807, 2.05) is 31.2 Å². The van der Waals surface area contributed by atoms with E-state index in [1.54, 1.807) is 12.1 Å². The average molecular weight is 363 g/mol. The van der Waals surface area contributed by atoms with Crippen molar-refractivity contribution >= 4 is 18.3 Å². The van der Waals surface area contributed by atoms with E-state index in [0.717, 1.165) is 36.0 Å². The number of aryl methyl sites for hydroxylation is 1. The number of nitrogens with one attached hydrogen (secondary N) is 1. The van der Waals surface area contributed by atoms with Gasteiger partial charge in [0.25, 0.3) is 5.91 Å². The lowest BCUT2D eigenvalue weighted by molar-refractivity contribution is 0.0924. The fourth-order valence-corrected chi connectivity index (χ4v) is 3.38. The largest absolute Gasteiger partial charge is 0.349 e. The minimum Gasteiger partial charge on any atom is -0.349 e. The van der Waals surface area contributed by atoms with Crippen LogP contribution in [0.1, 0.15) is 35.2 Å². The van der Waals surface area contributed by atoms with E-state index in [-0.39, 0.29) is 29.9 Å². The molecule has 0 heterocycles. The second kappa shape index (κ2) is 8.45. The van der Waals surface area contributed by atoms with Crippen LogP contribution in [0.15, 0.2) is 42.5 Å². The van der Waals surface area contributed by atoms with Crippen molar-refractivity contribution in [3.8, 4) is 11.1 Å². The van der Waals surface area contributed by atoms with E-state index >= 15 is 0 Å². The Morgan fingerprint density at radius 3 is 2.48 bits per heavy atom. The van der Waals surface area contributed by atoms with Crippen molar-refractivity contribution in [2.24, 2.45) is 11.7 Å². The fraction of sp³-hybridized carbons (Fsp3) is 0.350. The van der Waals surface area contributed by atoms with Crippen molar-refractivity contribution in [2.45, 2.75) is 32.2 Å². The molecule has 0 bridgehead atoms. The molecular formula is C20H24ClFN2O. The SMILES string of the molecule is Cc1ccc(-c2ccc(C(=O)NC3CCCC3CN)c(F)c2)cc1.Cl. The lowest BCUT2D eigenvalue weighted by Gasteiger charge is -2.19. The summed E-state index contributed by atoms with van der Waals surface area (Å²) in [6.07, 6.45) is 2.99. The van der Waals surface area contributed by atoms with Crippen molar-refractivity contribution in [3.63, 3.8) is 0 Å². The van der Waals surface area contributed by atoms with Gasteiger partial charge in [-0.15, -0.1) is 12.4 Å². The Balaban J connectivity index is 0.00000225. The minimum atomic E-state index is -0.493. The van der Waals surface area contributed by atoms with Gasteiger partial charge in [0.2, 0.25) is 0 Å². The Bertz CT molecular complexity index is 733. The number of carbonyl (C=O) groups excluding carboxylic acids is 1. The first kappa shape index (κ1) is 19.4. The van der Waals surface area contributed by atoms with E-state index in [2.05, 4.69) is 5.32 Å². The van der Waals surface area contributed by atoms with Crippen molar-refractivity contribution in [3.05, 3.63) is 59.4 Å². The normalized spacial score (nSPS) is 19.3. The molecule has 2 unspecified atom stereocenters. The van der Waals surface area contributed by atoms with Gasteiger partial charge in [0.1, 0.15) is 5.82 Å². The number of nitrogens with two attached hydrogens (primary N) is 1. The maximum atomic E-state index is 14.4. The zero-order valence-corrected chi connectivity index (χ0v) is 15.1. The highest BCUT2D eigenvalue weighted by Crippen LogP contribution is 2.26. The predicted octanol–water partition coefficient (Wildman–Crippen LogP) is 4.08. The molecule has 1 aliphatic rings. The van der Waals surface area contributed by atoms with Crippen LogP contribution in [0.25, 0.3) is 11.1 Å². The maximum absolute atomic E-state index is 14.4. The summed E-state index contributed by atoms with van der Waals surface area (Å²) >= 11 is 0. The molecule has 1 amide bonds. The molecule has 0 aromatic heterocycles. The number of hydrogen-bond acceptors (Lipinski definition) is 2. The second-order valence-corrected chi connectivity index (χ2v) is 6.57. The summed E-state index contributed by atoms with van der Waals surface area (Å²) in [6.45, 7) is 2.56. The van der Waals surface area contributed by atoms with E-state index in [4.69, 9.17) is 5.73 Å². The van der Waals surface area contributed by atoms with Crippen LogP contribution in [0, 0.1) is 18.7 Å². The van der Waals surface area contributed by atoms with E-state index in [1.165, 1.54) is 6.07 Å². The Hall–Kier alpha value is -1.91. The van der Waals surface area contributed by atoms with Crippen molar-refractivity contribution in [1.82, 2.24) is 5.32 Å². The highest BCUT2D eigenvalue weighted by atomic mass is 35.5. The number of amides is 1. The first-order valence-electron chi connectivity index (χ1n) is 8.46. The van der Waals surface area contributed by atoms with Crippen LogP contribution in [0.3, 0.4) is 0 Å². The van der Waals surface area contributed by atoms with Crippen LogP contribution >= 0.6 is 12.4 Å². The zero-order chi connectivity index (χ0) is 17.1. The molecule has 3 nitrogen and oxygen atoms in total. The molecule has 2 atom stereocenters. The molecule has 0 saturated heterocycles. The van der Waals surface area contributed by atoms with Gasteiger partial charge >= 0.3 is 0 Å². The van der Waals surface area contributed by atoms with Crippen LogP contribution in [0.2, 0.25) is 0 Å². The number of carbonyl (C=O) groups is 1. The first-order chi connectivity index (χ1) is 11.6. The minimum absolute atomic E-state index is 0. The molecule has 0 spiro atoms. The lowest BCUT2D eigenvalue weighted by atomic mass is 10.0. The molecule has 25 heavy (non-hydrogen) atoms. The Morgan fingerprint density at radius 2 is 1.84 bits per heavy atom. The van der Waals surface area contributed by atoms with Gasteiger partial charge in [0.15, 0.2) is 0 Å². The van der Waals surface area contributed by atoms with Crippen LogP contribution in [-0.4, -0.2) is 18.5 Å². The van der Waals surface area contributed by atoms with E-state index in [9.17, 15) is 9.18 Å². The maximum Gasteiger partial charge on any atom is 0.254 e. The van der Waals surface area contributed by atoms with Crippen LogP contribution in [-0.2, 0) is 0 Å². The monoisotopic (exact) mass is 362 g/mol. The summed E-state index contributed by atoms with van der Waals surface area (Å²) in [5.41, 5.74) is 8.69. The molecule has 134 valence electrons. The molecule has 2 aromatic rings. The lowest BCUT2D eigenvalue weighted by Crippen LogP contribution is -2.40. The molecule has 3 N–H and O–H groups in total. The Labute approximate surface area is 154 Å². The highest BCUT2D eigenvalue weighted by molar-refractivity contribution is 5.95. The first-order valence-corrected chi connectivity index (χ1v) is 8.46. The summed E-state index contributed by atoms with van der Waals surface area (Å²) < 4.78 is 14.4. The average Bonchev–Trinajstić information content (AvgIpc) is 3.02. The molecule has 0 aliphatic heterocycles. The second-order valence-electron chi connectivity index (χ2n) is 6.57. The van der Waals surface area contributed by atoms with E-state index < -0.39 is 5.82 Å². The quantitative estimate of drug-likeness (QED) is 0.861. The molecule has 1 saturated carbocycles. The van der Waals surface area contributed by atoms with Crippen molar-refractivity contribution in [1.29, 1.82) is 0 Å². The summed E-state index contributed by atoms with van der Waals surface area (Å²) in [4.78, 5) is 12.4. The van der Waals surface area contributed by atoms with Gasteiger partial charge in [-0.1, -0.05) is 42.3 Å². The smallest absolute Gasteiger partial charge is 0.254 e. The summed E-state index contributed by atoms with van der Waals surface area (Å²) in [5, 5.41) is 2.94.